The molecular formula is C15H21NO4S. The molecule has 0 fully saturated rings. The van der Waals surface area contributed by atoms with Crippen LogP contribution in [0.1, 0.15) is 50.0 Å². The van der Waals surface area contributed by atoms with Crippen LogP contribution in [-0.4, -0.2) is 34.2 Å². The zero-order chi connectivity index (χ0) is 15.6. The van der Waals surface area contributed by atoms with Crippen LogP contribution >= 0.6 is 11.3 Å². The molecule has 1 aliphatic heterocycles. The maximum atomic E-state index is 12.2. The Morgan fingerprint density at radius 1 is 1.48 bits per heavy atom. The lowest BCUT2D eigenvalue weighted by molar-refractivity contribution is -0.137. The van der Waals surface area contributed by atoms with Crippen molar-refractivity contribution in [2.45, 2.75) is 51.7 Å². The Bertz CT molecular complexity index is 532. The largest absolute Gasteiger partial charge is 0.481 e. The highest BCUT2D eigenvalue weighted by molar-refractivity contribution is 7.10. The molecule has 1 unspecified atom stereocenters. The number of ether oxygens (including phenoxy) is 1. The van der Waals surface area contributed by atoms with Gasteiger partial charge in [-0.1, -0.05) is 0 Å². The SMILES string of the molecule is CC(C)(C)OC(=O)N1CCC(CC(=O)O)c2sccc2C1. The van der Waals surface area contributed by atoms with Crippen LogP contribution in [0.25, 0.3) is 0 Å². The number of carbonyl (C=O) groups excluding carboxylic acids is 1. The fourth-order valence-corrected chi connectivity index (χ4v) is 3.51. The monoisotopic (exact) mass is 311 g/mol. The van der Waals surface area contributed by atoms with Gasteiger partial charge in [0.2, 0.25) is 0 Å². The van der Waals surface area contributed by atoms with Gasteiger partial charge in [0.05, 0.1) is 13.0 Å². The fourth-order valence-electron chi connectivity index (χ4n) is 2.45. The topological polar surface area (TPSA) is 66.8 Å². The van der Waals surface area contributed by atoms with Gasteiger partial charge in [-0.2, -0.15) is 0 Å². The fraction of sp³-hybridized carbons (Fsp3) is 0.600. The summed E-state index contributed by atoms with van der Waals surface area (Å²) in [6.45, 7) is 6.53. The number of carboxylic acid groups (broad SMARTS) is 1. The van der Waals surface area contributed by atoms with Crippen molar-refractivity contribution in [2.24, 2.45) is 0 Å². The first-order valence-electron chi connectivity index (χ1n) is 7.02. The predicted octanol–water partition coefficient (Wildman–Crippen LogP) is 3.45. The number of thiophene rings is 1. The molecule has 0 aromatic carbocycles. The quantitative estimate of drug-likeness (QED) is 0.908. The van der Waals surface area contributed by atoms with Gasteiger partial charge in [0.1, 0.15) is 5.60 Å². The van der Waals surface area contributed by atoms with Crippen LogP contribution in [0.4, 0.5) is 4.79 Å². The predicted molar refractivity (Wildman–Crippen MR) is 80.6 cm³/mol. The molecule has 1 amide bonds. The Labute approximate surface area is 128 Å². The summed E-state index contributed by atoms with van der Waals surface area (Å²) in [6, 6.07) is 1.97. The van der Waals surface area contributed by atoms with Gasteiger partial charge in [-0.05, 0) is 44.2 Å². The maximum absolute atomic E-state index is 12.2. The lowest BCUT2D eigenvalue weighted by atomic mass is 9.98. The Kier molecular flexibility index (Phi) is 4.56. The van der Waals surface area contributed by atoms with Crippen LogP contribution in [-0.2, 0) is 16.1 Å². The van der Waals surface area contributed by atoms with Crippen molar-refractivity contribution >= 4 is 23.4 Å². The van der Waals surface area contributed by atoms with E-state index in [2.05, 4.69) is 0 Å². The minimum Gasteiger partial charge on any atom is -0.481 e. The molecule has 0 spiro atoms. The standard InChI is InChI=1S/C15H21NO4S/c1-15(2,3)20-14(19)16-6-4-10(8-12(17)18)13-11(9-16)5-7-21-13/h5,7,10H,4,6,8-9H2,1-3H3,(H,17,18). The molecule has 6 heteroatoms. The van der Waals surface area contributed by atoms with E-state index in [1.54, 1.807) is 16.2 Å². The van der Waals surface area contributed by atoms with E-state index in [9.17, 15) is 9.59 Å². The van der Waals surface area contributed by atoms with Gasteiger partial charge in [0.25, 0.3) is 0 Å². The van der Waals surface area contributed by atoms with Crippen LogP contribution in [0.15, 0.2) is 11.4 Å². The van der Waals surface area contributed by atoms with E-state index in [0.29, 0.717) is 19.5 Å². The Morgan fingerprint density at radius 3 is 2.81 bits per heavy atom. The zero-order valence-corrected chi connectivity index (χ0v) is 13.4. The third-order valence-corrected chi connectivity index (χ3v) is 4.45. The Morgan fingerprint density at radius 2 is 2.19 bits per heavy atom. The molecule has 1 aromatic rings. The summed E-state index contributed by atoms with van der Waals surface area (Å²) in [5.41, 5.74) is 0.510. The molecule has 5 nitrogen and oxygen atoms in total. The van der Waals surface area contributed by atoms with Gasteiger partial charge in [0.15, 0.2) is 0 Å². The maximum Gasteiger partial charge on any atom is 0.410 e. The van der Waals surface area contributed by atoms with Crippen LogP contribution < -0.4 is 0 Å². The summed E-state index contributed by atoms with van der Waals surface area (Å²) in [4.78, 5) is 26.0. The van der Waals surface area contributed by atoms with E-state index < -0.39 is 11.6 Å². The Balaban J connectivity index is 2.14. The Hall–Kier alpha value is -1.56. The second-order valence-corrected chi connectivity index (χ2v) is 7.24. The number of carbonyl (C=O) groups is 2. The average Bonchev–Trinajstić information content (AvgIpc) is 2.71. The van der Waals surface area contributed by atoms with E-state index in [1.807, 2.05) is 32.2 Å². The molecule has 1 aromatic heterocycles. The normalized spacial score (nSPS) is 18.8. The summed E-state index contributed by atoms with van der Waals surface area (Å²) in [5.74, 6) is -0.824. The smallest absolute Gasteiger partial charge is 0.410 e. The van der Waals surface area contributed by atoms with Crippen LogP contribution in [0.5, 0.6) is 0 Å². The number of carboxylic acids is 1. The van der Waals surface area contributed by atoms with Gasteiger partial charge < -0.3 is 14.7 Å². The van der Waals surface area contributed by atoms with Crippen molar-refractivity contribution in [3.63, 3.8) is 0 Å². The van der Waals surface area contributed by atoms with Gasteiger partial charge in [-0.3, -0.25) is 4.79 Å². The number of fused-ring (bicyclic) bond motifs is 1. The molecule has 1 N–H and O–H groups in total. The van der Waals surface area contributed by atoms with E-state index in [1.165, 1.54) is 0 Å². The molecule has 0 saturated carbocycles. The van der Waals surface area contributed by atoms with E-state index >= 15 is 0 Å². The van der Waals surface area contributed by atoms with Gasteiger partial charge in [0, 0.05) is 17.3 Å². The first-order chi connectivity index (χ1) is 9.76. The molecule has 0 radical (unpaired) electrons. The average molecular weight is 311 g/mol. The van der Waals surface area contributed by atoms with Crippen molar-refractivity contribution < 1.29 is 19.4 Å². The molecule has 0 saturated heterocycles. The highest BCUT2D eigenvalue weighted by Gasteiger charge is 2.29. The molecule has 1 aliphatic rings. The molecule has 0 aliphatic carbocycles. The van der Waals surface area contributed by atoms with Crippen molar-refractivity contribution in [1.82, 2.24) is 4.90 Å². The molecule has 2 heterocycles. The number of hydrogen-bond acceptors (Lipinski definition) is 4. The number of aliphatic carboxylic acids is 1. The van der Waals surface area contributed by atoms with Crippen molar-refractivity contribution in [1.29, 1.82) is 0 Å². The molecule has 1 atom stereocenters. The molecule has 2 rings (SSSR count). The van der Waals surface area contributed by atoms with Crippen LogP contribution in [0.3, 0.4) is 0 Å². The molecule has 0 bridgehead atoms. The lowest BCUT2D eigenvalue weighted by Crippen LogP contribution is -2.36. The second kappa shape index (κ2) is 6.05. The van der Waals surface area contributed by atoms with Crippen molar-refractivity contribution in [3.05, 3.63) is 21.9 Å². The minimum atomic E-state index is -0.801. The highest BCUT2D eigenvalue weighted by Crippen LogP contribution is 2.35. The van der Waals surface area contributed by atoms with Crippen molar-refractivity contribution in [3.8, 4) is 0 Å². The van der Waals surface area contributed by atoms with Crippen molar-refractivity contribution in [2.75, 3.05) is 6.54 Å². The van der Waals surface area contributed by atoms with Crippen LogP contribution in [0, 0.1) is 0 Å². The summed E-state index contributed by atoms with van der Waals surface area (Å²) in [7, 11) is 0. The zero-order valence-electron chi connectivity index (χ0n) is 12.6. The van der Waals surface area contributed by atoms with Crippen LogP contribution in [0.2, 0.25) is 0 Å². The van der Waals surface area contributed by atoms with E-state index in [4.69, 9.17) is 9.84 Å². The third kappa shape index (κ3) is 4.20. The second-order valence-electron chi connectivity index (χ2n) is 6.30. The summed E-state index contributed by atoms with van der Waals surface area (Å²) >= 11 is 1.57. The minimum absolute atomic E-state index is 0.0232. The van der Waals surface area contributed by atoms with E-state index in [-0.39, 0.29) is 18.4 Å². The highest BCUT2D eigenvalue weighted by atomic mass is 32.1. The first-order valence-corrected chi connectivity index (χ1v) is 7.90. The van der Waals surface area contributed by atoms with Gasteiger partial charge in [-0.15, -0.1) is 11.3 Å². The molecule has 21 heavy (non-hydrogen) atoms. The number of rotatable bonds is 2. The summed E-state index contributed by atoms with van der Waals surface area (Å²) < 4.78 is 5.41. The first kappa shape index (κ1) is 15.8. The van der Waals surface area contributed by atoms with Gasteiger partial charge in [-0.25, -0.2) is 4.79 Å². The van der Waals surface area contributed by atoms with E-state index in [0.717, 1.165) is 10.4 Å². The molecule has 116 valence electrons. The summed E-state index contributed by atoms with van der Waals surface area (Å²) in [5, 5.41) is 11.0. The lowest BCUT2D eigenvalue weighted by Gasteiger charge is -2.26. The molecular weight excluding hydrogens is 290 g/mol. The number of nitrogens with zero attached hydrogens (tertiary/aromatic N) is 1. The number of amides is 1. The van der Waals surface area contributed by atoms with Gasteiger partial charge >= 0.3 is 12.1 Å². The summed E-state index contributed by atoms with van der Waals surface area (Å²) in [6.07, 6.45) is 0.421. The number of hydrogen-bond donors (Lipinski definition) is 1. The third-order valence-electron chi connectivity index (χ3n) is 3.33.